The van der Waals surface area contributed by atoms with Crippen molar-refractivity contribution in [2.45, 2.75) is 0 Å². The second kappa shape index (κ2) is 7.61. The number of carbonyl (C=O) groups is 1. The van der Waals surface area contributed by atoms with Crippen molar-refractivity contribution in [2.75, 3.05) is 20.2 Å². The molecule has 3 rings (SSSR count). The van der Waals surface area contributed by atoms with E-state index in [-0.39, 0.29) is 18.3 Å². The Balaban J connectivity index is 1.52. The number of rotatable bonds is 6. The molecule has 1 aromatic heterocycles. The minimum atomic E-state index is -0.424. The molecule has 2 aromatic carbocycles. The van der Waals surface area contributed by atoms with E-state index in [0.717, 1.165) is 5.52 Å². The van der Waals surface area contributed by atoms with Crippen LogP contribution in [0.5, 0.6) is 5.75 Å². The summed E-state index contributed by atoms with van der Waals surface area (Å²) in [5, 5.41) is 0. The number of para-hydroxylation sites is 3. The fraction of sp³-hybridized carbons (Fsp3) is 0.158. The molecule has 0 aliphatic rings. The molecule has 3 aromatic rings. The molecule has 0 saturated heterocycles. The number of likely N-dealkylation sites (N-methyl/N-ethyl adjacent to an activating group) is 1. The zero-order valence-corrected chi connectivity index (χ0v) is 13.7. The number of oxazole rings is 1. The van der Waals surface area contributed by atoms with E-state index < -0.39 is 5.82 Å². The Labute approximate surface area is 144 Å². The van der Waals surface area contributed by atoms with Crippen molar-refractivity contribution in [1.82, 2.24) is 9.88 Å². The van der Waals surface area contributed by atoms with Gasteiger partial charge in [-0.2, -0.15) is 0 Å². The highest BCUT2D eigenvalue weighted by Crippen LogP contribution is 2.16. The summed E-state index contributed by atoms with van der Waals surface area (Å²) < 4.78 is 24.3. The van der Waals surface area contributed by atoms with Gasteiger partial charge < -0.3 is 14.1 Å². The van der Waals surface area contributed by atoms with Gasteiger partial charge in [0.15, 0.2) is 17.1 Å². The molecule has 0 aliphatic heterocycles. The maximum Gasteiger partial charge on any atom is 0.246 e. The molecule has 25 heavy (non-hydrogen) atoms. The first-order valence-electron chi connectivity index (χ1n) is 7.79. The average Bonchev–Trinajstić information content (AvgIpc) is 3.04. The third kappa shape index (κ3) is 4.23. The van der Waals surface area contributed by atoms with Gasteiger partial charge in [-0.15, -0.1) is 0 Å². The van der Waals surface area contributed by atoms with Crippen LogP contribution in [0.25, 0.3) is 17.2 Å². The maximum atomic E-state index is 13.4. The summed E-state index contributed by atoms with van der Waals surface area (Å²) in [5.74, 6) is -0.109. The van der Waals surface area contributed by atoms with E-state index in [4.69, 9.17) is 9.15 Å². The van der Waals surface area contributed by atoms with Gasteiger partial charge in [0.1, 0.15) is 12.1 Å². The second-order valence-electron chi connectivity index (χ2n) is 5.39. The standard InChI is InChI=1S/C19H17FN2O3/c1-22(12-13-24-16-8-4-2-6-14(16)20)19(23)11-10-18-21-15-7-3-5-9-17(15)25-18/h2-11H,12-13H2,1H3/b11-10+. The fourth-order valence-electron chi connectivity index (χ4n) is 2.20. The monoisotopic (exact) mass is 340 g/mol. The smallest absolute Gasteiger partial charge is 0.246 e. The Bertz CT molecular complexity index is 871. The first-order valence-corrected chi connectivity index (χ1v) is 7.79. The van der Waals surface area contributed by atoms with E-state index in [1.165, 1.54) is 23.1 Å². The highest BCUT2D eigenvalue weighted by Gasteiger charge is 2.08. The Hall–Kier alpha value is -3.15. The SMILES string of the molecule is CN(CCOc1ccccc1F)C(=O)/C=C/c1nc2ccccc2o1. The van der Waals surface area contributed by atoms with Crippen LogP contribution in [0.3, 0.4) is 0 Å². The lowest BCUT2D eigenvalue weighted by atomic mass is 10.3. The summed E-state index contributed by atoms with van der Waals surface area (Å²) in [4.78, 5) is 17.8. The summed E-state index contributed by atoms with van der Waals surface area (Å²) in [5.41, 5.74) is 1.41. The van der Waals surface area contributed by atoms with E-state index >= 15 is 0 Å². The van der Waals surface area contributed by atoms with Gasteiger partial charge in [0.05, 0.1) is 6.54 Å². The van der Waals surface area contributed by atoms with Crippen molar-refractivity contribution in [3.8, 4) is 5.75 Å². The summed E-state index contributed by atoms with van der Waals surface area (Å²) in [6, 6.07) is 13.5. The minimum absolute atomic E-state index is 0.172. The molecular weight excluding hydrogens is 323 g/mol. The van der Waals surface area contributed by atoms with Crippen molar-refractivity contribution >= 4 is 23.1 Å². The van der Waals surface area contributed by atoms with Crippen LogP contribution in [-0.4, -0.2) is 36.0 Å². The number of fused-ring (bicyclic) bond motifs is 1. The van der Waals surface area contributed by atoms with Crippen molar-refractivity contribution in [3.05, 3.63) is 66.3 Å². The minimum Gasteiger partial charge on any atom is -0.489 e. The van der Waals surface area contributed by atoms with Gasteiger partial charge in [0, 0.05) is 19.2 Å². The van der Waals surface area contributed by atoms with E-state index in [2.05, 4.69) is 4.98 Å². The third-order valence-electron chi connectivity index (χ3n) is 3.58. The average molecular weight is 340 g/mol. The highest BCUT2D eigenvalue weighted by atomic mass is 19.1. The highest BCUT2D eigenvalue weighted by molar-refractivity contribution is 5.91. The summed E-state index contributed by atoms with van der Waals surface area (Å²) >= 11 is 0. The van der Waals surface area contributed by atoms with Crippen LogP contribution in [0.1, 0.15) is 5.89 Å². The number of amides is 1. The Morgan fingerprint density at radius 1 is 1.24 bits per heavy atom. The Morgan fingerprint density at radius 2 is 2.00 bits per heavy atom. The molecule has 0 aliphatic carbocycles. The lowest BCUT2D eigenvalue weighted by molar-refractivity contribution is -0.125. The van der Waals surface area contributed by atoms with Gasteiger partial charge in [-0.25, -0.2) is 9.37 Å². The lowest BCUT2D eigenvalue weighted by Crippen LogP contribution is -2.29. The molecule has 0 unspecified atom stereocenters. The van der Waals surface area contributed by atoms with Gasteiger partial charge in [-0.1, -0.05) is 24.3 Å². The molecule has 0 saturated carbocycles. The number of halogens is 1. The largest absolute Gasteiger partial charge is 0.489 e. The zero-order valence-electron chi connectivity index (χ0n) is 13.7. The number of hydrogen-bond donors (Lipinski definition) is 0. The lowest BCUT2D eigenvalue weighted by Gasteiger charge is -2.15. The second-order valence-corrected chi connectivity index (χ2v) is 5.39. The maximum absolute atomic E-state index is 13.4. The molecular formula is C19H17FN2O3. The van der Waals surface area contributed by atoms with Crippen LogP contribution in [0, 0.1) is 5.82 Å². The number of ether oxygens (including phenoxy) is 1. The number of benzene rings is 2. The first kappa shape index (κ1) is 16.7. The van der Waals surface area contributed by atoms with Crippen molar-refractivity contribution in [2.24, 2.45) is 0 Å². The quantitative estimate of drug-likeness (QED) is 0.644. The molecule has 0 atom stereocenters. The number of hydrogen-bond acceptors (Lipinski definition) is 4. The summed E-state index contributed by atoms with van der Waals surface area (Å²) in [6.07, 6.45) is 2.91. The van der Waals surface area contributed by atoms with Crippen LogP contribution < -0.4 is 4.74 Å². The predicted molar refractivity (Wildman–Crippen MR) is 92.6 cm³/mol. The molecule has 0 bridgehead atoms. The number of aromatic nitrogens is 1. The molecule has 1 heterocycles. The van der Waals surface area contributed by atoms with Crippen molar-refractivity contribution in [3.63, 3.8) is 0 Å². The van der Waals surface area contributed by atoms with Gasteiger partial charge in [-0.3, -0.25) is 4.79 Å². The third-order valence-corrected chi connectivity index (χ3v) is 3.58. The van der Waals surface area contributed by atoms with Crippen LogP contribution in [-0.2, 0) is 4.79 Å². The molecule has 128 valence electrons. The number of carbonyl (C=O) groups excluding carboxylic acids is 1. The first-order chi connectivity index (χ1) is 12.1. The van der Waals surface area contributed by atoms with Crippen LogP contribution >= 0.6 is 0 Å². The van der Waals surface area contributed by atoms with Crippen LogP contribution in [0.15, 0.2) is 59.0 Å². The van der Waals surface area contributed by atoms with Crippen LogP contribution in [0.4, 0.5) is 4.39 Å². The van der Waals surface area contributed by atoms with Gasteiger partial charge in [0.2, 0.25) is 11.8 Å². The van der Waals surface area contributed by atoms with Crippen molar-refractivity contribution < 1.29 is 18.3 Å². The predicted octanol–water partition coefficient (Wildman–Crippen LogP) is 3.52. The zero-order chi connectivity index (χ0) is 17.6. The Morgan fingerprint density at radius 3 is 2.80 bits per heavy atom. The molecule has 5 nitrogen and oxygen atoms in total. The van der Waals surface area contributed by atoms with Gasteiger partial charge >= 0.3 is 0 Å². The van der Waals surface area contributed by atoms with E-state index in [9.17, 15) is 9.18 Å². The fourth-order valence-corrected chi connectivity index (χ4v) is 2.20. The van der Waals surface area contributed by atoms with Crippen LogP contribution in [0.2, 0.25) is 0 Å². The van der Waals surface area contributed by atoms with E-state index in [0.29, 0.717) is 18.0 Å². The summed E-state index contributed by atoms with van der Waals surface area (Å²) in [7, 11) is 1.64. The molecule has 0 radical (unpaired) electrons. The van der Waals surface area contributed by atoms with E-state index in [1.807, 2.05) is 24.3 Å². The normalized spacial score (nSPS) is 11.1. The topological polar surface area (TPSA) is 55.6 Å². The number of nitrogens with zero attached hydrogens (tertiary/aromatic N) is 2. The molecule has 1 amide bonds. The van der Waals surface area contributed by atoms with Crippen molar-refractivity contribution in [1.29, 1.82) is 0 Å². The molecule has 0 N–H and O–H groups in total. The molecule has 0 fully saturated rings. The van der Waals surface area contributed by atoms with Gasteiger partial charge in [0.25, 0.3) is 0 Å². The summed E-state index contributed by atoms with van der Waals surface area (Å²) in [6.45, 7) is 0.519. The Kier molecular flexibility index (Phi) is 5.09. The van der Waals surface area contributed by atoms with E-state index in [1.54, 1.807) is 25.2 Å². The molecule has 0 spiro atoms. The molecule has 6 heteroatoms. The van der Waals surface area contributed by atoms with Gasteiger partial charge in [-0.05, 0) is 24.3 Å².